The van der Waals surface area contributed by atoms with Gasteiger partial charge in [-0.15, -0.1) is 0 Å². The quantitative estimate of drug-likeness (QED) is 0.297. The molecule has 10 heteroatoms. The van der Waals surface area contributed by atoms with Gasteiger partial charge in [-0.3, -0.25) is 13.9 Å². The summed E-state index contributed by atoms with van der Waals surface area (Å²) < 4.78 is 32.7. The lowest BCUT2D eigenvalue weighted by Gasteiger charge is -2.33. The minimum Gasteiger partial charge on any atom is -0.492 e. The fourth-order valence-corrected chi connectivity index (χ4v) is 5.22. The topological polar surface area (TPSA) is 96.0 Å². The third kappa shape index (κ3) is 8.72. The minimum absolute atomic E-state index is 0.0811. The van der Waals surface area contributed by atoms with Crippen molar-refractivity contribution in [2.75, 3.05) is 30.3 Å². The van der Waals surface area contributed by atoms with E-state index in [1.165, 1.54) is 4.90 Å². The summed E-state index contributed by atoms with van der Waals surface area (Å²) in [6.45, 7) is 4.08. The Balaban J connectivity index is 2.06. The summed E-state index contributed by atoms with van der Waals surface area (Å²) in [5.74, 6) is -0.498. The summed E-state index contributed by atoms with van der Waals surface area (Å²) >= 11 is 6.09. The normalized spacial score (nSPS) is 11.9. The van der Waals surface area contributed by atoms with E-state index in [0.717, 1.165) is 28.1 Å². The highest BCUT2D eigenvalue weighted by Crippen LogP contribution is 2.30. The smallest absolute Gasteiger partial charge is 0.244 e. The number of benzene rings is 3. The Morgan fingerprint density at radius 2 is 1.57 bits per heavy atom. The van der Waals surface area contributed by atoms with Crippen molar-refractivity contribution in [2.45, 2.75) is 39.3 Å². The zero-order chi connectivity index (χ0) is 29.1. The molecule has 214 valence electrons. The average Bonchev–Trinajstić information content (AvgIpc) is 2.93. The number of nitrogens with one attached hydrogen (secondary N) is 1. The van der Waals surface area contributed by atoms with Crippen LogP contribution < -0.4 is 14.4 Å². The van der Waals surface area contributed by atoms with Crippen molar-refractivity contribution < 1.29 is 22.7 Å². The average molecular weight is 586 g/mol. The number of hydrogen-bond acceptors (Lipinski definition) is 5. The van der Waals surface area contributed by atoms with E-state index in [0.29, 0.717) is 23.9 Å². The van der Waals surface area contributed by atoms with E-state index in [9.17, 15) is 18.0 Å². The van der Waals surface area contributed by atoms with Gasteiger partial charge in [-0.05, 0) is 48.7 Å². The molecule has 0 spiro atoms. The molecule has 0 fully saturated rings. The standard InChI is InChI=1S/C30H36ClN3O5S/c1-4-19-32-30(36)27(20-23-11-7-6-8-12-23)33(21-24-15-17-25(31)18-16-24)29(35)22-34(40(3,37)38)26-13-9-10-14-28(26)39-5-2/h6-18,27H,4-5,19-22H2,1-3H3,(H,32,36)/t27-/m1/s1. The Bertz CT molecular complexity index is 1370. The molecule has 0 aliphatic heterocycles. The molecule has 0 unspecified atom stereocenters. The minimum atomic E-state index is -3.90. The van der Waals surface area contributed by atoms with Crippen LogP contribution in [0.1, 0.15) is 31.4 Å². The number of para-hydroxylation sites is 2. The second-order valence-electron chi connectivity index (χ2n) is 9.32. The van der Waals surface area contributed by atoms with Crippen molar-refractivity contribution in [1.82, 2.24) is 10.2 Å². The molecule has 40 heavy (non-hydrogen) atoms. The number of amides is 2. The van der Waals surface area contributed by atoms with Crippen LogP contribution in [0.25, 0.3) is 0 Å². The molecule has 0 aromatic heterocycles. The summed E-state index contributed by atoms with van der Waals surface area (Å²) in [5, 5.41) is 3.46. The number of carbonyl (C=O) groups is 2. The van der Waals surface area contributed by atoms with Crippen molar-refractivity contribution in [3.05, 3.63) is 95.0 Å². The molecule has 0 aliphatic carbocycles. The molecule has 0 bridgehead atoms. The molecule has 0 aliphatic rings. The first-order valence-corrected chi connectivity index (χ1v) is 15.4. The number of carbonyl (C=O) groups excluding carboxylic acids is 2. The molecule has 1 N–H and O–H groups in total. The highest BCUT2D eigenvalue weighted by atomic mass is 35.5. The first kappa shape index (κ1) is 31.0. The molecule has 0 radical (unpaired) electrons. The molecular weight excluding hydrogens is 550 g/mol. The lowest BCUT2D eigenvalue weighted by Crippen LogP contribution is -2.53. The maximum absolute atomic E-state index is 14.1. The van der Waals surface area contributed by atoms with Gasteiger partial charge < -0.3 is 15.0 Å². The molecule has 3 rings (SSSR count). The Hall–Kier alpha value is -3.56. The van der Waals surface area contributed by atoms with Crippen LogP contribution in [0.15, 0.2) is 78.9 Å². The van der Waals surface area contributed by atoms with Gasteiger partial charge in [0, 0.05) is 24.5 Å². The number of ether oxygens (including phenoxy) is 1. The fraction of sp³-hybridized carbons (Fsp3) is 0.333. The number of hydrogen-bond donors (Lipinski definition) is 1. The molecule has 2 amide bonds. The van der Waals surface area contributed by atoms with Gasteiger partial charge in [0.1, 0.15) is 18.3 Å². The number of anilines is 1. The van der Waals surface area contributed by atoms with Gasteiger partial charge in [-0.1, -0.05) is 73.1 Å². The molecule has 1 atom stereocenters. The zero-order valence-electron chi connectivity index (χ0n) is 23.0. The second-order valence-corrected chi connectivity index (χ2v) is 11.7. The molecular formula is C30H36ClN3O5S. The van der Waals surface area contributed by atoms with Crippen molar-refractivity contribution in [1.29, 1.82) is 0 Å². The SMILES string of the molecule is CCCNC(=O)[C@@H](Cc1ccccc1)N(Cc1ccc(Cl)cc1)C(=O)CN(c1ccccc1OCC)S(C)(=O)=O. The lowest BCUT2D eigenvalue weighted by atomic mass is 10.0. The summed E-state index contributed by atoms with van der Waals surface area (Å²) in [6.07, 6.45) is 2.02. The van der Waals surface area contributed by atoms with Crippen LogP contribution in [0.2, 0.25) is 5.02 Å². The fourth-order valence-electron chi connectivity index (χ4n) is 4.24. The summed E-state index contributed by atoms with van der Waals surface area (Å²) in [5.41, 5.74) is 1.87. The van der Waals surface area contributed by atoms with E-state index < -0.39 is 28.5 Å². The van der Waals surface area contributed by atoms with Gasteiger partial charge in [0.25, 0.3) is 0 Å². The molecule has 0 saturated carbocycles. The maximum atomic E-state index is 14.1. The van der Waals surface area contributed by atoms with E-state index in [-0.39, 0.29) is 24.6 Å². The van der Waals surface area contributed by atoms with E-state index in [1.807, 2.05) is 37.3 Å². The van der Waals surface area contributed by atoms with E-state index in [4.69, 9.17) is 16.3 Å². The van der Waals surface area contributed by atoms with Crippen LogP contribution in [0.3, 0.4) is 0 Å². The van der Waals surface area contributed by atoms with Gasteiger partial charge in [-0.2, -0.15) is 0 Å². The summed E-state index contributed by atoms with van der Waals surface area (Å²) in [7, 11) is -3.90. The first-order chi connectivity index (χ1) is 19.1. The van der Waals surface area contributed by atoms with Crippen molar-refractivity contribution >= 4 is 39.1 Å². The summed E-state index contributed by atoms with van der Waals surface area (Å²) in [6, 6.07) is 22.2. The van der Waals surface area contributed by atoms with E-state index >= 15 is 0 Å². The Labute approximate surface area is 241 Å². The number of sulfonamides is 1. The molecule has 0 heterocycles. The Kier molecular flexibility index (Phi) is 11.4. The number of nitrogens with zero attached hydrogens (tertiary/aromatic N) is 2. The van der Waals surface area contributed by atoms with Crippen LogP contribution in [-0.2, 0) is 32.6 Å². The highest BCUT2D eigenvalue weighted by molar-refractivity contribution is 7.92. The van der Waals surface area contributed by atoms with Crippen LogP contribution in [0, 0.1) is 0 Å². The van der Waals surface area contributed by atoms with Gasteiger partial charge in [0.15, 0.2) is 0 Å². The third-order valence-electron chi connectivity index (χ3n) is 6.20. The first-order valence-electron chi connectivity index (χ1n) is 13.2. The van der Waals surface area contributed by atoms with Crippen molar-refractivity contribution in [2.24, 2.45) is 0 Å². The highest BCUT2D eigenvalue weighted by Gasteiger charge is 2.33. The zero-order valence-corrected chi connectivity index (χ0v) is 24.6. The Morgan fingerprint density at radius 3 is 2.20 bits per heavy atom. The molecule has 3 aromatic rings. The number of halogens is 1. The lowest BCUT2D eigenvalue weighted by molar-refractivity contribution is -0.140. The van der Waals surface area contributed by atoms with Crippen LogP contribution in [0.5, 0.6) is 5.75 Å². The van der Waals surface area contributed by atoms with E-state index in [2.05, 4.69) is 5.32 Å². The van der Waals surface area contributed by atoms with Gasteiger partial charge in [-0.25, -0.2) is 8.42 Å². The monoisotopic (exact) mass is 585 g/mol. The predicted octanol–water partition coefficient (Wildman–Crippen LogP) is 4.67. The maximum Gasteiger partial charge on any atom is 0.244 e. The molecule has 8 nitrogen and oxygen atoms in total. The van der Waals surface area contributed by atoms with E-state index in [1.54, 1.807) is 55.5 Å². The van der Waals surface area contributed by atoms with Gasteiger partial charge >= 0.3 is 0 Å². The van der Waals surface area contributed by atoms with Crippen LogP contribution in [0.4, 0.5) is 5.69 Å². The largest absolute Gasteiger partial charge is 0.492 e. The van der Waals surface area contributed by atoms with Gasteiger partial charge in [0.05, 0.1) is 18.6 Å². The summed E-state index contributed by atoms with van der Waals surface area (Å²) in [4.78, 5) is 29.1. The van der Waals surface area contributed by atoms with Gasteiger partial charge in [0.2, 0.25) is 21.8 Å². The second kappa shape index (κ2) is 14.7. The molecule has 0 saturated heterocycles. The number of rotatable bonds is 14. The van der Waals surface area contributed by atoms with Crippen molar-refractivity contribution in [3.8, 4) is 5.75 Å². The van der Waals surface area contributed by atoms with Crippen molar-refractivity contribution in [3.63, 3.8) is 0 Å². The predicted molar refractivity (Wildman–Crippen MR) is 159 cm³/mol. The Morgan fingerprint density at radius 1 is 0.925 bits per heavy atom. The molecule has 3 aromatic carbocycles. The third-order valence-corrected chi connectivity index (χ3v) is 7.58. The van der Waals surface area contributed by atoms with Crippen LogP contribution in [-0.4, -0.2) is 57.1 Å². The van der Waals surface area contributed by atoms with Crippen LogP contribution >= 0.6 is 11.6 Å².